The summed E-state index contributed by atoms with van der Waals surface area (Å²) in [6.07, 6.45) is 1.51. The van der Waals surface area contributed by atoms with Gasteiger partial charge >= 0.3 is 0 Å². The van der Waals surface area contributed by atoms with Crippen molar-refractivity contribution in [2.45, 2.75) is 26.7 Å². The van der Waals surface area contributed by atoms with Crippen molar-refractivity contribution in [2.24, 2.45) is 5.92 Å². The first-order valence-electron chi connectivity index (χ1n) is 8.79. The molecule has 0 radical (unpaired) electrons. The molecule has 2 heterocycles. The number of morpholine rings is 1. The smallest absolute Gasteiger partial charge is 0.253 e. The number of benzene rings is 1. The molecule has 0 bridgehead atoms. The number of amides is 2. The van der Waals surface area contributed by atoms with E-state index in [2.05, 4.69) is 0 Å². The highest BCUT2D eigenvalue weighted by atomic mass is 16.5. The van der Waals surface area contributed by atoms with Crippen LogP contribution < -0.4 is 0 Å². The Labute approximate surface area is 143 Å². The zero-order valence-electron chi connectivity index (χ0n) is 14.6. The Balaban J connectivity index is 1.57. The summed E-state index contributed by atoms with van der Waals surface area (Å²) < 4.78 is 5.31. The van der Waals surface area contributed by atoms with Crippen molar-refractivity contribution in [3.05, 3.63) is 34.9 Å². The van der Waals surface area contributed by atoms with E-state index in [4.69, 9.17) is 4.74 Å². The molecule has 3 rings (SSSR count). The Morgan fingerprint density at radius 1 is 0.958 bits per heavy atom. The van der Waals surface area contributed by atoms with Crippen molar-refractivity contribution in [1.82, 2.24) is 9.80 Å². The van der Waals surface area contributed by atoms with Crippen molar-refractivity contribution in [1.29, 1.82) is 0 Å². The second-order valence-corrected chi connectivity index (χ2v) is 6.80. The highest BCUT2D eigenvalue weighted by molar-refractivity contribution is 5.94. The monoisotopic (exact) mass is 330 g/mol. The van der Waals surface area contributed by atoms with Crippen molar-refractivity contribution in [3.8, 4) is 0 Å². The van der Waals surface area contributed by atoms with Crippen LogP contribution in [0.4, 0.5) is 0 Å². The molecule has 2 amide bonds. The average Bonchev–Trinajstić information content (AvgIpc) is 2.63. The number of aryl methyl sites for hydroxylation is 2. The number of hydrogen-bond acceptors (Lipinski definition) is 3. The summed E-state index contributed by atoms with van der Waals surface area (Å²) in [7, 11) is 0. The summed E-state index contributed by atoms with van der Waals surface area (Å²) in [4.78, 5) is 29.0. The van der Waals surface area contributed by atoms with Gasteiger partial charge in [0.2, 0.25) is 5.91 Å². The molecule has 2 saturated heterocycles. The predicted molar refractivity (Wildman–Crippen MR) is 91.9 cm³/mol. The number of likely N-dealkylation sites (tertiary alicyclic amines) is 1. The highest BCUT2D eigenvalue weighted by Crippen LogP contribution is 2.22. The van der Waals surface area contributed by atoms with Gasteiger partial charge in [0, 0.05) is 37.7 Å². The molecule has 0 spiro atoms. The van der Waals surface area contributed by atoms with Crippen LogP contribution in [0.15, 0.2) is 18.2 Å². The van der Waals surface area contributed by atoms with Gasteiger partial charge in [-0.3, -0.25) is 9.59 Å². The van der Waals surface area contributed by atoms with Gasteiger partial charge < -0.3 is 14.5 Å². The summed E-state index contributed by atoms with van der Waals surface area (Å²) in [5.74, 6) is 0.360. The fraction of sp³-hybridized carbons (Fsp3) is 0.579. The van der Waals surface area contributed by atoms with Gasteiger partial charge in [-0.2, -0.15) is 0 Å². The third-order valence-corrected chi connectivity index (χ3v) is 5.21. The molecule has 0 atom stereocenters. The van der Waals surface area contributed by atoms with Crippen molar-refractivity contribution in [3.63, 3.8) is 0 Å². The minimum Gasteiger partial charge on any atom is -0.378 e. The zero-order valence-corrected chi connectivity index (χ0v) is 14.6. The highest BCUT2D eigenvalue weighted by Gasteiger charge is 2.31. The van der Waals surface area contributed by atoms with E-state index < -0.39 is 0 Å². The van der Waals surface area contributed by atoms with Crippen LogP contribution in [0, 0.1) is 19.8 Å². The van der Waals surface area contributed by atoms with E-state index in [9.17, 15) is 9.59 Å². The lowest BCUT2D eigenvalue weighted by molar-refractivity contribution is -0.141. The standard InChI is InChI=1S/C19H26N2O3/c1-14-3-4-17(13-15(14)2)19(23)20-7-5-16(6-8-20)18(22)21-9-11-24-12-10-21/h3-4,13,16H,5-12H2,1-2H3. The lowest BCUT2D eigenvalue weighted by Crippen LogP contribution is -2.47. The summed E-state index contributed by atoms with van der Waals surface area (Å²) in [5.41, 5.74) is 3.08. The number of carbonyl (C=O) groups is 2. The van der Waals surface area contributed by atoms with E-state index in [1.54, 1.807) is 0 Å². The molecule has 0 aromatic heterocycles. The van der Waals surface area contributed by atoms with E-state index in [1.165, 1.54) is 5.56 Å². The maximum absolute atomic E-state index is 12.7. The number of rotatable bonds is 2. The molecule has 2 fully saturated rings. The van der Waals surface area contributed by atoms with Crippen LogP contribution in [0.2, 0.25) is 0 Å². The molecule has 0 unspecified atom stereocenters. The Morgan fingerprint density at radius 2 is 1.62 bits per heavy atom. The Bertz CT molecular complexity index is 615. The van der Waals surface area contributed by atoms with E-state index in [1.807, 2.05) is 41.8 Å². The minimum atomic E-state index is 0.0481. The van der Waals surface area contributed by atoms with E-state index in [0.717, 1.165) is 24.0 Å². The largest absolute Gasteiger partial charge is 0.378 e. The normalized spacial score (nSPS) is 19.4. The second kappa shape index (κ2) is 7.34. The molecule has 1 aromatic carbocycles. The lowest BCUT2D eigenvalue weighted by atomic mass is 9.94. The maximum Gasteiger partial charge on any atom is 0.253 e. The molecule has 5 heteroatoms. The van der Waals surface area contributed by atoms with Crippen molar-refractivity contribution < 1.29 is 14.3 Å². The fourth-order valence-electron chi connectivity index (χ4n) is 3.43. The van der Waals surface area contributed by atoms with Gasteiger partial charge in [0.1, 0.15) is 0 Å². The predicted octanol–water partition coefficient (Wildman–Crippen LogP) is 2.01. The molecule has 2 aliphatic rings. The van der Waals surface area contributed by atoms with Gasteiger partial charge in [-0.1, -0.05) is 6.07 Å². The number of piperidine rings is 1. The summed E-state index contributed by atoms with van der Waals surface area (Å²) >= 11 is 0. The molecule has 0 N–H and O–H groups in total. The van der Waals surface area contributed by atoms with E-state index in [0.29, 0.717) is 39.4 Å². The van der Waals surface area contributed by atoms with Crippen LogP contribution in [-0.4, -0.2) is 61.0 Å². The molecule has 24 heavy (non-hydrogen) atoms. The third-order valence-electron chi connectivity index (χ3n) is 5.21. The number of carbonyl (C=O) groups excluding carboxylic acids is 2. The average molecular weight is 330 g/mol. The Hall–Kier alpha value is -1.88. The van der Waals surface area contributed by atoms with Crippen LogP contribution in [-0.2, 0) is 9.53 Å². The van der Waals surface area contributed by atoms with E-state index in [-0.39, 0.29) is 17.7 Å². The topological polar surface area (TPSA) is 49.9 Å². The van der Waals surface area contributed by atoms with Gasteiger partial charge in [0.05, 0.1) is 13.2 Å². The van der Waals surface area contributed by atoms with Crippen LogP contribution in [0.3, 0.4) is 0 Å². The molecule has 0 aliphatic carbocycles. The minimum absolute atomic E-state index is 0.0481. The number of nitrogens with zero attached hydrogens (tertiary/aromatic N) is 2. The first kappa shape index (κ1) is 17.0. The number of ether oxygens (including phenoxy) is 1. The van der Waals surface area contributed by atoms with Crippen LogP contribution in [0.25, 0.3) is 0 Å². The van der Waals surface area contributed by atoms with Crippen LogP contribution in [0.1, 0.15) is 34.3 Å². The summed E-state index contributed by atoms with van der Waals surface area (Å²) in [6, 6.07) is 5.86. The van der Waals surface area contributed by atoms with E-state index >= 15 is 0 Å². The molecule has 2 aliphatic heterocycles. The molecular formula is C19H26N2O3. The molecule has 5 nitrogen and oxygen atoms in total. The van der Waals surface area contributed by atoms with Crippen molar-refractivity contribution >= 4 is 11.8 Å². The summed E-state index contributed by atoms with van der Waals surface area (Å²) in [5, 5.41) is 0. The number of hydrogen-bond donors (Lipinski definition) is 0. The third kappa shape index (κ3) is 3.61. The Morgan fingerprint density at radius 3 is 2.25 bits per heavy atom. The van der Waals surface area contributed by atoms with Gasteiger partial charge in [-0.25, -0.2) is 0 Å². The fourth-order valence-corrected chi connectivity index (χ4v) is 3.43. The SMILES string of the molecule is Cc1ccc(C(=O)N2CCC(C(=O)N3CCOCC3)CC2)cc1C. The van der Waals surface area contributed by atoms with Gasteiger partial charge in [-0.15, -0.1) is 0 Å². The van der Waals surface area contributed by atoms with Crippen LogP contribution >= 0.6 is 0 Å². The van der Waals surface area contributed by atoms with Crippen LogP contribution in [0.5, 0.6) is 0 Å². The second-order valence-electron chi connectivity index (χ2n) is 6.80. The van der Waals surface area contributed by atoms with Gasteiger partial charge in [0.15, 0.2) is 0 Å². The zero-order chi connectivity index (χ0) is 17.1. The first-order chi connectivity index (χ1) is 11.6. The van der Waals surface area contributed by atoms with Gasteiger partial charge in [-0.05, 0) is 49.9 Å². The maximum atomic E-state index is 12.7. The molecule has 1 aromatic rings. The Kier molecular flexibility index (Phi) is 5.19. The molecule has 0 saturated carbocycles. The molecule has 130 valence electrons. The lowest BCUT2D eigenvalue weighted by Gasteiger charge is -2.35. The van der Waals surface area contributed by atoms with Crippen molar-refractivity contribution in [2.75, 3.05) is 39.4 Å². The van der Waals surface area contributed by atoms with Gasteiger partial charge in [0.25, 0.3) is 5.91 Å². The summed E-state index contributed by atoms with van der Waals surface area (Å²) in [6.45, 7) is 8.05. The molecular weight excluding hydrogens is 304 g/mol. The quantitative estimate of drug-likeness (QED) is 0.833. The first-order valence-corrected chi connectivity index (χ1v) is 8.79.